The predicted octanol–water partition coefficient (Wildman–Crippen LogP) is 2.03. The normalized spacial score (nSPS) is 28.0. The van der Waals surface area contributed by atoms with Crippen LogP contribution >= 0.6 is 0 Å². The third kappa shape index (κ3) is 3.15. The summed E-state index contributed by atoms with van der Waals surface area (Å²) in [5, 5.41) is 0. The van der Waals surface area contributed by atoms with Crippen molar-refractivity contribution in [2.75, 3.05) is 31.1 Å². The maximum atomic E-state index is 12.7. The van der Waals surface area contributed by atoms with Crippen LogP contribution in [0.3, 0.4) is 0 Å². The van der Waals surface area contributed by atoms with Crippen molar-refractivity contribution in [3.8, 4) is 0 Å². The van der Waals surface area contributed by atoms with Gasteiger partial charge in [-0.3, -0.25) is 4.79 Å². The lowest BCUT2D eigenvalue weighted by molar-refractivity contribution is -0.119. The van der Waals surface area contributed by atoms with Crippen molar-refractivity contribution in [2.24, 2.45) is 17.6 Å². The summed E-state index contributed by atoms with van der Waals surface area (Å²) in [5.74, 6) is 1.79. The van der Waals surface area contributed by atoms with Crippen LogP contribution in [-0.2, 0) is 11.2 Å². The summed E-state index contributed by atoms with van der Waals surface area (Å²) in [5.41, 5.74) is 8.72. The van der Waals surface area contributed by atoms with Crippen molar-refractivity contribution in [3.05, 3.63) is 29.8 Å². The highest BCUT2D eigenvalue weighted by molar-refractivity contribution is 5.94. The van der Waals surface area contributed by atoms with E-state index in [1.165, 1.54) is 18.4 Å². The number of carbonyl (C=O) groups excluding carboxylic acids is 1. The second-order valence-electron chi connectivity index (χ2n) is 7.45. The first-order chi connectivity index (χ1) is 11.2. The van der Waals surface area contributed by atoms with E-state index in [0.717, 1.165) is 50.6 Å². The quantitative estimate of drug-likeness (QED) is 0.925. The summed E-state index contributed by atoms with van der Waals surface area (Å²) < 4.78 is 0. The lowest BCUT2D eigenvalue weighted by Gasteiger charge is -2.30. The zero-order valence-corrected chi connectivity index (χ0v) is 13.8. The molecule has 2 aliphatic heterocycles. The number of aryl methyl sites for hydroxylation is 1. The molecule has 4 nitrogen and oxygen atoms in total. The van der Waals surface area contributed by atoms with E-state index in [9.17, 15) is 4.79 Å². The number of likely N-dealkylation sites (tertiary alicyclic amines) is 1. The number of hydrogen-bond acceptors (Lipinski definition) is 3. The van der Waals surface area contributed by atoms with Crippen molar-refractivity contribution < 1.29 is 4.79 Å². The van der Waals surface area contributed by atoms with E-state index < -0.39 is 0 Å². The average Bonchev–Trinajstić information content (AvgIpc) is 3.35. The number of amides is 1. The second-order valence-corrected chi connectivity index (χ2v) is 7.45. The topological polar surface area (TPSA) is 49.6 Å². The molecule has 1 saturated heterocycles. The van der Waals surface area contributed by atoms with Crippen LogP contribution in [-0.4, -0.2) is 43.0 Å². The number of nitrogens with zero attached hydrogens (tertiary/aromatic N) is 2. The van der Waals surface area contributed by atoms with Crippen LogP contribution in [0.15, 0.2) is 24.3 Å². The molecule has 3 aliphatic rings. The van der Waals surface area contributed by atoms with Crippen molar-refractivity contribution in [2.45, 2.75) is 38.1 Å². The van der Waals surface area contributed by atoms with Gasteiger partial charge in [0.25, 0.3) is 0 Å². The zero-order valence-electron chi connectivity index (χ0n) is 13.8. The van der Waals surface area contributed by atoms with Crippen LogP contribution in [0.5, 0.6) is 0 Å². The van der Waals surface area contributed by atoms with Gasteiger partial charge in [0.1, 0.15) is 0 Å². The first-order valence-electron chi connectivity index (χ1n) is 9.08. The summed E-state index contributed by atoms with van der Waals surface area (Å²) >= 11 is 0. The molecule has 1 amide bonds. The lowest BCUT2D eigenvalue weighted by Crippen LogP contribution is -2.37. The molecule has 124 valence electrons. The van der Waals surface area contributed by atoms with Gasteiger partial charge in [-0.2, -0.15) is 0 Å². The van der Waals surface area contributed by atoms with Gasteiger partial charge in [0, 0.05) is 44.3 Å². The number of fused-ring (bicyclic) bond motifs is 1. The SMILES string of the molecule is N[C@@H]1CN(CCC(=O)N2CCCc3ccccc32)C[C@H]1C1CC1. The molecule has 0 radical (unpaired) electrons. The number of carbonyl (C=O) groups is 1. The van der Waals surface area contributed by atoms with Gasteiger partial charge in [-0.15, -0.1) is 0 Å². The van der Waals surface area contributed by atoms with Crippen LogP contribution in [0.1, 0.15) is 31.2 Å². The molecular weight excluding hydrogens is 286 g/mol. The van der Waals surface area contributed by atoms with Gasteiger partial charge < -0.3 is 15.5 Å². The smallest absolute Gasteiger partial charge is 0.228 e. The Labute approximate surface area is 138 Å². The molecule has 23 heavy (non-hydrogen) atoms. The molecule has 0 unspecified atom stereocenters. The molecule has 4 heteroatoms. The van der Waals surface area contributed by atoms with E-state index in [0.29, 0.717) is 18.4 Å². The molecule has 1 saturated carbocycles. The fourth-order valence-corrected chi connectivity index (χ4v) is 4.33. The fraction of sp³-hybridized carbons (Fsp3) is 0.632. The Hall–Kier alpha value is -1.39. The van der Waals surface area contributed by atoms with Gasteiger partial charge >= 0.3 is 0 Å². The molecule has 4 rings (SSSR count). The molecule has 0 aromatic heterocycles. The van der Waals surface area contributed by atoms with E-state index >= 15 is 0 Å². The van der Waals surface area contributed by atoms with E-state index in [1.807, 2.05) is 11.0 Å². The van der Waals surface area contributed by atoms with Crippen LogP contribution in [0.2, 0.25) is 0 Å². The Bertz CT molecular complexity index is 584. The Morgan fingerprint density at radius 1 is 1.22 bits per heavy atom. The predicted molar refractivity (Wildman–Crippen MR) is 92.4 cm³/mol. The Morgan fingerprint density at radius 3 is 2.87 bits per heavy atom. The molecular formula is C19H27N3O. The fourth-order valence-electron chi connectivity index (χ4n) is 4.33. The third-order valence-electron chi connectivity index (χ3n) is 5.77. The number of para-hydroxylation sites is 1. The summed E-state index contributed by atoms with van der Waals surface area (Å²) in [7, 11) is 0. The summed E-state index contributed by atoms with van der Waals surface area (Å²) in [6.07, 6.45) is 5.48. The standard InChI is InChI=1S/C19H27N3O/c20-17-13-21(12-16(17)14-7-8-14)11-9-19(23)22-10-3-5-15-4-1-2-6-18(15)22/h1-2,4,6,14,16-17H,3,5,7-13,20H2/t16-,17+/m0/s1. The molecule has 1 aliphatic carbocycles. The van der Waals surface area contributed by atoms with Crippen molar-refractivity contribution >= 4 is 11.6 Å². The highest BCUT2D eigenvalue weighted by Gasteiger charge is 2.40. The van der Waals surface area contributed by atoms with E-state index in [-0.39, 0.29) is 5.91 Å². The average molecular weight is 313 g/mol. The van der Waals surface area contributed by atoms with Gasteiger partial charge in [-0.25, -0.2) is 0 Å². The Balaban J connectivity index is 1.34. The molecule has 1 aromatic carbocycles. The van der Waals surface area contributed by atoms with Crippen LogP contribution in [0.25, 0.3) is 0 Å². The van der Waals surface area contributed by atoms with E-state index in [1.54, 1.807) is 0 Å². The van der Waals surface area contributed by atoms with Crippen LogP contribution in [0, 0.1) is 11.8 Å². The van der Waals surface area contributed by atoms with Gasteiger partial charge in [0.05, 0.1) is 0 Å². The van der Waals surface area contributed by atoms with Crippen molar-refractivity contribution in [1.29, 1.82) is 0 Å². The molecule has 0 spiro atoms. The van der Waals surface area contributed by atoms with Crippen molar-refractivity contribution in [1.82, 2.24) is 4.90 Å². The largest absolute Gasteiger partial charge is 0.326 e. The van der Waals surface area contributed by atoms with Gasteiger partial charge in [-0.05, 0) is 49.1 Å². The third-order valence-corrected chi connectivity index (χ3v) is 5.77. The van der Waals surface area contributed by atoms with E-state index in [2.05, 4.69) is 23.1 Å². The lowest BCUT2D eigenvalue weighted by atomic mass is 9.99. The number of benzene rings is 1. The first-order valence-corrected chi connectivity index (χ1v) is 9.08. The maximum Gasteiger partial charge on any atom is 0.228 e. The van der Waals surface area contributed by atoms with Crippen LogP contribution < -0.4 is 10.6 Å². The van der Waals surface area contributed by atoms with Crippen LogP contribution in [0.4, 0.5) is 5.69 Å². The monoisotopic (exact) mass is 313 g/mol. The zero-order chi connectivity index (χ0) is 15.8. The maximum absolute atomic E-state index is 12.7. The Morgan fingerprint density at radius 2 is 2.04 bits per heavy atom. The highest BCUT2D eigenvalue weighted by atomic mass is 16.2. The molecule has 2 heterocycles. The molecule has 2 N–H and O–H groups in total. The van der Waals surface area contributed by atoms with Gasteiger partial charge in [0.2, 0.25) is 5.91 Å². The second kappa shape index (κ2) is 6.25. The molecule has 2 fully saturated rings. The summed E-state index contributed by atoms with van der Waals surface area (Å²) in [4.78, 5) is 17.1. The highest BCUT2D eigenvalue weighted by Crippen LogP contribution is 2.40. The minimum Gasteiger partial charge on any atom is -0.326 e. The minimum atomic E-state index is 0.264. The minimum absolute atomic E-state index is 0.264. The number of rotatable bonds is 4. The van der Waals surface area contributed by atoms with Gasteiger partial charge in [-0.1, -0.05) is 18.2 Å². The number of anilines is 1. The molecule has 2 atom stereocenters. The number of hydrogen-bond donors (Lipinski definition) is 1. The molecule has 1 aromatic rings. The van der Waals surface area contributed by atoms with Gasteiger partial charge in [0.15, 0.2) is 0 Å². The molecule has 0 bridgehead atoms. The van der Waals surface area contributed by atoms with E-state index in [4.69, 9.17) is 5.73 Å². The first kappa shape index (κ1) is 15.2. The summed E-state index contributed by atoms with van der Waals surface area (Å²) in [6.45, 7) is 3.77. The summed E-state index contributed by atoms with van der Waals surface area (Å²) in [6, 6.07) is 8.64. The Kier molecular flexibility index (Phi) is 4.12. The van der Waals surface area contributed by atoms with Crippen molar-refractivity contribution in [3.63, 3.8) is 0 Å². The number of nitrogens with two attached hydrogens (primary N) is 1.